The molecule has 0 aliphatic heterocycles. The monoisotopic (exact) mass is 314 g/mol. The number of carbonyl (C=O) groups excluding carboxylic acids is 1. The lowest BCUT2D eigenvalue weighted by Gasteiger charge is -2.00. The third-order valence-electron chi connectivity index (χ3n) is 2.28. The minimum Gasteiger partial charge on any atom is -0.294 e. The van der Waals surface area contributed by atoms with Crippen LogP contribution in [0.1, 0.15) is 17.3 Å². The molecule has 2 aromatic rings. The molecule has 4 nitrogen and oxygen atoms in total. The van der Waals surface area contributed by atoms with Crippen LogP contribution >= 0.6 is 27.5 Å². The SMILES string of the molecule is CC(=O)c1c(Cl)[nH]n(-c2ccc(Br)cc2)c1=O. The summed E-state index contributed by atoms with van der Waals surface area (Å²) in [5.74, 6) is -0.355. The van der Waals surface area contributed by atoms with E-state index in [1.165, 1.54) is 11.6 Å². The van der Waals surface area contributed by atoms with Crippen molar-refractivity contribution in [2.45, 2.75) is 6.92 Å². The summed E-state index contributed by atoms with van der Waals surface area (Å²) in [6, 6.07) is 7.07. The van der Waals surface area contributed by atoms with Gasteiger partial charge in [-0.1, -0.05) is 27.5 Å². The summed E-state index contributed by atoms with van der Waals surface area (Å²) in [5.41, 5.74) is 0.159. The molecule has 1 aromatic heterocycles. The molecular weight excluding hydrogens is 307 g/mol. The van der Waals surface area contributed by atoms with Gasteiger partial charge in [-0.05, 0) is 31.2 Å². The molecule has 6 heteroatoms. The number of nitrogens with zero attached hydrogens (tertiary/aromatic N) is 1. The third-order valence-corrected chi connectivity index (χ3v) is 3.09. The molecule has 0 aliphatic rings. The first-order valence-electron chi connectivity index (χ1n) is 4.78. The fourth-order valence-corrected chi connectivity index (χ4v) is 2.05. The Bertz CT molecular complexity index is 628. The Hall–Kier alpha value is -1.33. The maximum absolute atomic E-state index is 11.9. The topological polar surface area (TPSA) is 54.9 Å². The Morgan fingerprint density at radius 1 is 1.35 bits per heavy atom. The van der Waals surface area contributed by atoms with Crippen molar-refractivity contribution in [1.82, 2.24) is 9.78 Å². The number of halogens is 2. The number of hydrogen-bond donors (Lipinski definition) is 1. The minimum absolute atomic E-state index is 0.0189. The first-order chi connectivity index (χ1) is 8.00. The molecule has 0 atom stereocenters. The van der Waals surface area contributed by atoms with E-state index in [1.54, 1.807) is 24.3 Å². The summed E-state index contributed by atoms with van der Waals surface area (Å²) >= 11 is 9.12. The van der Waals surface area contributed by atoms with Gasteiger partial charge < -0.3 is 0 Å². The van der Waals surface area contributed by atoms with Gasteiger partial charge in [0.1, 0.15) is 10.7 Å². The van der Waals surface area contributed by atoms with Gasteiger partial charge in [0, 0.05) is 4.47 Å². The number of aromatic amines is 1. The van der Waals surface area contributed by atoms with Gasteiger partial charge in [0.25, 0.3) is 5.56 Å². The molecule has 1 N–H and O–H groups in total. The predicted molar refractivity (Wildman–Crippen MR) is 69.1 cm³/mol. The Kier molecular flexibility index (Phi) is 3.22. The zero-order valence-electron chi connectivity index (χ0n) is 8.83. The summed E-state index contributed by atoms with van der Waals surface area (Å²) in [4.78, 5) is 23.2. The van der Waals surface area contributed by atoms with Gasteiger partial charge >= 0.3 is 0 Å². The predicted octanol–water partition coefficient (Wildman–Crippen LogP) is 2.78. The Morgan fingerprint density at radius 2 is 1.94 bits per heavy atom. The maximum atomic E-state index is 11.9. The number of aromatic nitrogens is 2. The largest absolute Gasteiger partial charge is 0.294 e. The fourth-order valence-electron chi connectivity index (χ4n) is 1.49. The standard InChI is InChI=1S/C11H8BrClN2O2/c1-6(16)9-10(13)14-15(11(9)17)8-4-2-7(12)3-5-8/h2-5,14H,1H3. The second-order valence-electron chi connectivity index (χ2n) is 3.47. The van der Waals surface area contributed by atoms with E-state index in [-0.39, 0.29) is 16.5 Å². The smallest absolute Gasteiger partial charge is 0.283 e. The summed E-state index contributed by atoms with van der Waals surface area (Å²) in [5, 5.41) is 2.72. The van der Waals surface area contributed by atoms with Crippen LogP contribution in [0.3, 0.4) is 0 Å². The van der Waals surface area contributed by atoms with Crippen LogP contribution in [0.5, 0.6) is 0 Å². The molecule has 0 unspecified atom stereocenters. The molecule has 0 amide bonds. The highest BCUT2D eigenvalue weighted by atomic mass is 79.9. The van der Waals surface area contributed by atoms with Crippen molar-refractivity contribution < 1.29 is 4.79 Å². The van der Waals surface area contributed by atoms with Crippen LogP contribution in [-0.4, -0.2) is 15.6 Å². The lowest BCUT2D eigenvalue weighted by atomic mass is 10.2. The quantitative estimate of drug-likeness (QED) is 0.866. The van der Waals surface area contributed by atoms with Gasteiger partial charge in [-0.25, -0.2) is 4.68 Å². The van der Waals surface area contributed by atoms with Crippen molar-refractivity contribution >= 4 is 33.3 Å². The second-order valence-corrected chi connectivity index (χ2v) is 4.77. The van der Waals surface area contributed by atoms with E-state index < -0.39 is 5.56 Å². The van der Waals surface area contributed by atoms with E-state index in [0.29, 0.717) is 5.69 Å². The highest BCUT2D eigenvalue weighted by Crippen LogP contribution is 2.15. The number of carbonyl (C=O) groups is 1. The van der Waals surface area contributed by atoms with Crippen LogP contribution in [0, 0.1) is 0 Å². The molecule has 17 heavy (non-hydrogen) atoms. The highest BCUT2D eigenvalue weighted by Gasteiger charge is 2.17. The molecule has 0 saturated carbocycles. The molecule has 1 heterocycles. The van der Waals surface area contributed by atoms with Gasteiger partial charge in [0.15, 0.2) is 5.78 Å². The Labute approximate surface area is 110 Å². The molecule has 1 aromatic carbocycles. The van der Waals surface area contributed by atoms with Crippen molar-refractivity contribution in [1.29, 1.82) is 0 Å². The van der Waals surface area contributed by atoms with E-state index >= 15 is 0 Å². The van der Waals surface area contributed by atoms with E-state index in [2.05, 4.69) is 21.0 Å². The number of benzene rings is 1. The first-order valence-corrected chi connectivity index (χ1v) is 5.95. The van der Waals surface area contributed by atoms with Crippen LogP contribution in [0.25, 0.3) is 5.69 Å². The Balaban J connectivity index is 2.62. The Morgan fingerprint density at radius 3 is 2.41 bits per heavy atom. The molecule has 0 spiro atoms. The molecule has 0 aliphatic carbocycles. The average molecular weight is 316 g/mol. The molecular formula is C11H8BrClN2O2. The lowest BCUT2D eigenvalue weighted by Crippen LogP contribution is -2.19. The van der Waals surface area contributed by atoms with E-state index in [1.807, 2.05) is 0 Å². The number of H-pyrrole nitrogens is 1. The number of Topliss-reactive ketones (excluding diaryl/α,β-unsaturated/α-hetero) is 1. The maximum Gasteiger partial charge on any atom is 0.283 e. The molecule has 0 radical (unpaired) electrons. The summed E-state index contributed by atoms with van der Waals surface area (Å²) in [6.45, 7) is 1.31. The van der Waals surface area contributed by atoms with Crippen molar-refractivity contribution in [3.63, 3.8) is 0 Å². The van der Waals surface area contributed by atoms with Gasteiger partial charge in [0.05, 0.1) is 5.69 Å². The van der Waals surface area contributed by atoms with Crippen molar-refractivity contribution in [3.8, 4) is 5.69 Å². The van der Waals surface area contributed by atoms with Crippen LogP contribution in [0.15, 0.2) is 33.5 Å². The summed E-state index contributed by atoms with van der Waals surface area (Å²) in [7, 11) is 0. The molecule has 2 rings (SSSR count). The van der Waals surface area contributed by atoms with Crippen molar-refractivity contribution in [2.75, 3.05) is 0 Å². The van der Waals surface area contributed by atoms with Gasteiger partial charge in [-0.15, -0.1) is 0 Å². The van der Waals surface area contributed by atoms with Crippen LogP contribution < -0.4 is 5.56 Å². The first kappa shape index (κ1) is 12.1. The number of rotatable bonds is 2. The molecule has 88 valence electrons. The number of ketones is 1. The summed E-state index contributed by atoms with van der Waals surface area (Å²) < 4.78 is 2.14. The number of nitrogens with one attached hydrogen (secondary N) is 1. The number of hydrogen-bond acceptors (Lipinski definition) is 2. The highest BCUT2D eigenvalue weighted by molar-refractivity contribution is 9.10. The lowest BCUT2D eigenvalue weighted by molar-refractivity contribution is 0.101. The van der Waals surface area contributed by atoms with Crippen LogP contribution in [0.4, 0.5) is 0 Å². The molecule has 0 saturated heterocycles. The van der Waals surface area contributed by atoms with Crippen molar-refractivity contribution in [3.05, 3.63) is 49.8 Å². The zero-order valence-corrected chi connectivity index (χ0v) is 11.2. The molecule has 0 bridgehead atoms. The minimum atomic E-state index is -0.440. The van der Waals surface area contributed by atoms with E-state index in [0.717, 1.165) is 4.47 Å². The van der Waals surface area contributed by atoms with Gasteiger partial charge in [-0.2, -0.15) is 0 Å². The van der Waals surface area contributed by atoms with E-state index in [9.17, 15) is 9.59 Å². The third kappa shape index (κ3) is 2.21. The fraction of sp³-hybridized carbons (Fsp3) is 0.0909. The average Bonchev–Trinajstić information content (AvgIpc) is 2.55. The van der Waals surface area contributed by atoms with Crippen LogP contribution in [-0.2, 0) is 0 Å². The van der Waals surface area contributed by atoms with Gasteiger partial charge in [0.2, 0.25) is 0 Å². The van der Waals surface area contributed by atoms with Gasteiger partial charge in [-0.3, -0.25) is 14.7 Å². The van der Waals surface area contributed by atoms with Crippen molar-refractivity contribution in [2.24, 2.45) is 0 Å². The zero-order chi connectivity index (χ0) is 12.6. The molecule has 0 fully saturated rings. The van der Waals surface area contributed by atoms with E-state index in [4.69, 9.17) is 11.6 Å². The normalized spacial score (nSPS) is 10.5. The van der Waals surface area contributed by atoms with Crippen LogP contribution in [0.2, 0.25) is 5.15 Å². The summed E-state index contributed by atoms with van der Waals surface area (Å²) in [6.07, 6.45) is 0. The second kappa shape index (κ2) is 4.50.